The van der Waals surface area contributed by atoms with Gasteiger partial charge >= 0.3 is 0 Å². The molecule has 35 heavy (non-hydrogen) atoms. The summed E-state index contributed by atoms with van der Waals surface area (Å²) in [4.78, 5) is 13.2. The van der Waals surface area contributed by atoms with Crippen molar-refractivity contribution >= 4 is 11.4 Å². The van der Waals surface area contributed by atoms with Crippen molar-refractivity contribution < 1.29 is 24.1 Å². The number of benzene rings is 1. The minimum Gasteiger partial charge on any atom is -0.491 e. The fraction of sp³-hybridized carbons (Fsp3) is 0.520. The number of aliphatic hydroxyl groups is 1. The molecule has 0 amide bonds. The van der Waals surface area contributed by atoms with Gasteiger partial charge in [0.1, 0.15) is 18.9 Å². The van der Waals surface area contributed by atoms with Crippen LogP contribution >= 0.6 is 0 Å². The molecule has 10 heteroatoms. The Kier molecular flexibility index (Phi) is 6.70. The van der Waals surface area contributed by atoms with Crippen molar-refractivity contribution in [2.24, 2.45) is 5.41 Å². The molecule has 0 saturated carbocycles. The second-order valence-corrected chi connectivity index (χ2v) is 10.5. The Morgan fingerprint density at radius 1 is 1.20 bits per heavy atom. The highest BCUT2D eigenvalue weighted by Crippen LogP contribution is 2.29. The first-order chi connectivity index (χ1) is 16.5. The van der Waals surface area contributed by atoms with E-state index in [1.165, 1.54) is 9.20 Å². The molecule has 10 nitrogen and oxygen atoms in total. The highest BCUT2D eigenvalue weighted by Gasteiger charge is 2.34. The largest absolute Gasteiger partial charge is 0.491 e. The molecule has 1 aromatic carbocycles. The number of nitrogens with zero attached hydrogens (tertiary/aromatic N) is 4. The van der Waals surface area contributed by atoms with Crippen LogP contribution in [-0.4, -0.2) is 63.3 Å². The number of aromatic nitrogens is 4. The topological polar surface area (TPSA) is 124 Å². The molecule has 1 aliphatic heterocycles. The summed E-state index contributed by atoms with van der Waals surface area (Å²) in [6.07, 6.45) is 0. The molecule has 0 bridgehead atoms. The predicted molar refractivity (Wildman–Crippen MR) is 128 cm³/mol. The zero-order valence-electron chi connectivity index (χ0n) is 20.9. The van der Waals surface area contributed by atoms with Gasteiger partial charge in [-0.3, -0.25) is 10.2 Å². The molecule has 2 N–H and O–H groups in total. The van der Waals surface area contributed by atoms with Gasteiger partial charge in [-0.25, -0.2) is 4.68 Å². The van der Waals surface area contributed by atoms with Crippen molar-refractivity contribution in [3.63, 3.8) is 0 Å². The van der Waals surface area contributed by atoms with E-state index in [1.807, 2.05) is 19.1 Å². The van der Waals surface area contributed by atoms with Crippen LogP contribution in [-0.2, 0) is 16.7 Å². The van der Waals surface area contributed by atoms with Crippen LogP contribution in [0.1, 0.15) is 49.2 Å². The minimum absolute atomic E-state index is 0.0242. The standard InChI is InChI=1S/C25H33N5O5/c1-16-8-21(35-15-25(5)13-33-14-25)27-30-22(16)28-29(23(30)26)12-20(32)17-9-18(24(2,3)4)11-19(10-17)34-7-6-31/h8-11,26,31H,6-7,12-15H2,1-5H3. The Hall–Kier alpha value is -3.24. The summed E-state index contributed by atoms with van der Waals surface area (Å²) in [7, 11) is 0. The number of Topliss-reactive ketones (excluding diaryl/α,β-unsaturated/α-hetero) is 1. The Morgan fingerprint density at radius 3 is 2.57 bits per heavy atom. The van der Waals surface area contributed by atoms with Gasteiger partial charge in [-0.15, -0.1) is 10.2 Å². The number of nitrogens with one attached hydrogen (secondary N) is 1. The van der Waals surface area contributed by atoms with Crippen molar-refractivity contribution in [2.75, 3.05) is 33.0 Å². The maximum atomic E-state index is 13.2. The summed E-state index contributed by atoms with van der Waals surface area (Å²) in [6, 6.07) is 7.17. The summed E-state index contributed by atoms with van der Waals surface area (Å²) in [5, 5.41) is 26.6. The van der Waals surface area contributed by atoms with E-state index in [0.29, 0.717) is 42.7 Å². The number of aliphatic hydroxyl groups excluding tert-OH is 1. The third-order valence-electron chi connectivity index (χ3n) is 5.97. The number of aryl methyl sites for hydroxylation is 1. The monoisotopic (exact) mass is 483 g/mol. The Morgan fingerprint density at radius 2 is 1.94 bits per heavy atom. The fourth-order valence-electron chi connectivity index (χ4n) is 3.76. The molecule has 0 atom stereocenters. The summed E-state index contributed by atoms with van der Waals surface area (Å²) >= 11 is 0. The predicted octanol–water partition coefficient (Wildman–Crippen LogP) is 2.29. The lowest BCUT2D eigenvalue weighted by Gasteiger charge is -2.37. The lowest BCUT2D eigenvalue weighted by atomic mass is 9.85. The van der Waals surface area contributed by atoms with Crippen molar-refractivity contribution in [3.05, 3.63) is 46.6 Å². The van der Waals surface area contributed by atoms with Gasteiger partial charge in [-0.2, -0.15) is 4.52 Å². The molecule has 0 aliphatic carbocycles. The number of carbonyl (C=O) groups excluding carboxylic acids is 1. The number of ketones is 1. The number of ether oxygens (including phenoxy) is 3. The van der Waals surface area contributed by atoms with Gasteiger partial charge in [0, 0.05) is 22.6 Å². The second-order valence-electron chi connectivity index (χ2n) is 10.5. The maximum absolute atomic E-state index is 13.2. The first kappa shape index (κ1) is 24.9. The van der Waals surface area contributed by atoms with Crippen molar-refractivity contribution in [2.45, 2.75) is 46.6 Å². The molecule has 1 fully saturated rings. The number of carbonyl (C=O) groups is 1. The SMILES string of the molecule is Cc1cc(OCC2(C)COC2)nn2c(=N)n(CC(=O)c3cc(OCCO)cc(C(C)(C)C)c3)nc12. The fourth-order valence-corrected chi connectivity index (χ4v) is 3.76. The molecule has 0 spiro atoms. The highest BCUT2D eigenvalue weighted by molar-refractivity contribution is 5.96. The van der Waals surface area contributed by atoms with Gasteiger partial charge in [0.25, 0.3) is 0 Å². The Bertz CT molecular complexity index is 1300. The van der Waals surface area contributed by atoms with Crippen molar-refractivity contribution in [1.82, 2.24) is 19.4 Å². The Labute approximate surface area is 203 Å². The van der Waals surface area contributed by atoms with Crippen LogP contribution in [0.5, 0.6) is 11.6 Å². The van der Waals surface area contributed by atoms with Crippen molar-refractivity contribution in [3.8, 4) is 11.6 Å². The van der Waals surface area contributed by atoms with Crippen LogP contribution < -0.4 is 15.1 Å². The molecular formula is C25H33N5O5. The van der Waals surface area contributed by atoms with Gasteiger partial charge in [0.05, 0.1) is 26.4 Å². The lowest BCUT2D eigenvalue weighted by Crippen LogP contribution is -2.44. The van der Waals surface area contributed by atoms with Crippen LogP contribution in [0.2, 0.25) is 0 Å². The van der Waals surface area contributed by atoms with Crippen LogP contribution in [0.3, 0.4) is 0 Å². The number of hydrogen-bond donors (Lipinski definition) is 2. The molecule has 4 rings (SSSR count). The number of hydrogen-bond acceptors (Lipinski definition) is 8. The summed E-state index contributed by atoms with van der Waals surface area (Å²) in [5.74, 6) is 0.709. The van der Waals surface area contributed by atoms with E-state index in [0.717, 1.165) is 11.1 Å². The van der Waals surface area contributed by atoms with E-state index >= 15 is 0 Å². The molecule has 3 aromatic rings. The Balaban J connectivity index is 1.60. The van der Waals surface area contributed by atoms with E-state index in [-0.39, 0.29) is 42.0 Å². The second kappa shape index (κ2) is 9.43. The number of fused-ring (bicyclic) bond motifs is 1. The highest BCUT2D eigenvalue weighted by atomic mass is 16.5. The molecule has 1 aliphatic rings. The molecule has 0 unspecified atom stereocenters. The third-order valence-corrected chi connectivity index (χ3v) is 5.97. The molecule has 0 radical (unpaired) electrons. The first-order valence-corrected chi connectivity index (χ1v) is 11.6. The van der Waals surface area contributed by atoms with Crippen LogP contribution in [0.4, 0.5) is 0 Å². The van der Waals surface area contributed by atoms with E-state index < -0.39 is 0 Å². The van der Waals surface area contributed by atoms with Gasteiger partial charge in [-0.1, -0.05) is 27.7 Å². The number of rotatable bonds is 9. The molecular weight excluding hydrogens is 450 g/mol. The first-order valence-electron chi connectivity index (χ1n) is 11.6. The van der Waals surface area contributed by atoms with Crippen LogP contribution in [0.25, 0.3) is 5.65 Å². The van der Waals surface area contributed by atoms with E-state index in [9.17, 15) is 4.79 Å². The lowest BCUT2D eigenvalue weighted by molar-refractivity contribution is -0.120. The van der Waals surface area contributed by atoms with Gasteiger partial charge in [0.2, 0.25) is 11.5 Å². The average molecular weight is 484 g/mol. The van der Waals surface area contributed by atoms with E-state index in [1.54, 1.807) is 12.1 Å². The van der Waals surface area contributed by atoms with Crippen LogP contribution in [0.15, 0.2) is 24.3 Å². The maximum Gasteiger partial charge on any atom is 0.242 e. The van der Waals surface area contributed by atoms with E-state index in [4.69, 9.17) is 24.7 Å². The molecule has 1 saturated heterocycles. The molecule has 2 aromatic heterocycles. The minimum atomic E-state index is -0.209. The molecule has 188 valence electrons. The zero-order chi connectivity index (χ0) is 25.4. The summed E-state index contributed by atoms with van der Waals surface area (Å²) < 4.78 is 19.5. The zero-order valence-corrected chi connectivity index (χ0v) is 20.9. The quantitative estimate of drug-likeness (QED) is 0.448. The van der Waals surface area contributed by atoms with Gasteiger partial charge in [-0.05, 0) is 36.1 Å². The summed E-state index contributed by atoms with van der Waals surface area (Å²) in [6.45, 7) is 11.8. The normalized spacial score (nSPS) is 15.1. The van der Waals surface area contributed by atoms with Crippen molar-refractivity contribution in [1.29, 1.82) is 5.41 Å². The summed E-state index contributed by atoms with van der Waals surface area (Å²) in [5.41, 5.74) is 2.42. The average Bonchev–Trinajstić information content (AvgIpc) is 3.10. The van der Waals surface area contributed by atoms with Crippen LogP contribution in [0, 0.1) is 17.7 Å². The van der Waals surface area contributed by atoms with E-state index in [2.05, 4.69) is 37.9 Å². The smallest absolute Gasteiger partial charge is 0.242 e. The molecule has 3 heterocycles. The van der Waals surface area contributed by atoms with Gasteiger partial charge in [0.15, 0.2) is 11.4 Å². The van der Waals surface area contributed by atoms with Gasteiger partial charge < -0.3 is 19.3 Å². The third kappa shape index (κ3) is 5.38.